The van der Waals surface area contributed by atoms with E-state index in [0.29, 0.717) is 35.8 Å². The van der Waals surface area contributed by atoms with Gasteiger partial charge in [0.05, 0.1) is 22.2 Å². The monoisotopic (exact) mass is 416 g/mol. The Bertz CT molecular complexity index is 1090. The van der Waals surface area contributed by atoms with Gasteiger partial charge in [0, 0.05) is 19.2 Å². The fourth-order valence-electron chi connectivity index (χ4n) is 3.49. The van der Waals surface area contributed by atoms with Gasteiger partial charge in [0.2, 0.25) is 17.7 Å². The third-order valence-electron chi connectivity index (χ3n) is 5.32. The third kappa shape index (κ3) is 3.62. The Morgan fingerprint density at radius 1 is 1.13 bits per heavy atom. The number of carbonyl (C=O) groups excluding carboxylic acids is 1. The summed E-state index contributed by atoms with van der Waals surface area (Å²) in [5.41, 5.74) is 0.991. The number of aryl methyl sites for hydroxylation is 1. The molecule has 2 N–H and O–H groups in total. The zero-order chi connectivity index (χ0) is 21.5. The number of halogens is 3. The van der Waals surface area contributed by atoms with E-state index in [2.05, 4.69) is 20.8 Å². The van der Waals surface area contributed by atoms with Crippen LogP contribution < -0.4 is 10.6 Å². The highest BCUT2D eigenvalue weighted by Gasteiger charge is 2.39. The molecular formula is C21H19F3N4O2. The summed E-state index contributed by atoms with van der Waals surface area (Å²) in [7, 11) is 0. The molecule has 30 heavy (non-hydrogen) atoms. The Morgan fingerprint density at radius 2 is 1.87 bits per heavy atom. The minimum Gasteiger partial charge on any atom is -0.421 e. The summed E-state index contributed by atoms with van der Waals surface area (Å²) in [6.07, 6.45) is -3.75. The van der Waals surface area contributed by atoms with E-state index in [1.807, 2.05) is 19.1 Å². The van der Waals surface area contributed by atoms with E-state index in [0.717, 1.165) is 17.7 Å². The number of benzene rings is 2. The smallest absolute Gasteiger partial charge is 0.416 e. The van der Waals surface area contributed by atoms with Gasteiger partial charge in [-0.2, -0.15) is 13.2 Å². The molecule has 1 amide bonds. The molecule has 1 aliphatic heterocycles. The van der Waals surface area contributed by atoms with Crippen LogP contribution in [0.15, 0.2) is 46.9 Å². The van der Waals surface area contributed by atoms with Crippen molar-refractivity contribution in [2.75, 3.05) is 11.9 Å². The number of hydrogen-bond acceptors (Lipinski definition) is 5. The van der Waals surface area contributed by atoms with Gasteiger partial charge in [-0.25, -0.2) is 0 Å². The van der Waals surface area contributed by atoms with Crippen LogP contribution in [0.1, 0.15) is 30.4 Å². The molecule has 6 nitrogen and oxygen atoms in total. The molecule has 1 atom stereocenters. The van der Waals surface area contributed by atoms with Gasteiger partial charge >= 0.3 is 6.18 Å². The summed E-state index contributed by atoms with van der Waals surface area (Å²) in [5, 5.41) is 13.9. The van der Waals surface area contributed by atoms with E-state index in [1.165, 1.54) is 12.1 Å². The van der Waals surface area contributed by atoms with Gasteiger partial charge in [0.15, 0.2) is 0 Å². The van der Waals surface area contributed by atoms with E-state index in [-0.39, 0.29) is 11.8 Å². The van der Waals surface area contributed by atoms with Crippen molar-refractivity contribution in [1.82, 2.24) is 15.5 Å². The second-order valence-corrected chi connectivity index (χ2v) is 7.42. The number of rotatable bonds is 4. The predicted molar refractivity (Wildman–Crippen MR) is 104 cm³/mol. The quantitative estimate of drug-likeness (QED) is 0.651. The Balaban J connectivity index is 1.73. The van der Waals surface area contributed by atoms with Crippen molar-refractivity contribution in [3.63, 3.8) is 0 Å². The molecule has 1 aromatic heterocycles. The maximum absolute atomic E-state index is 12.8. The second-order valence-electron chi connectivity index (χ2n) is 7.42. The van der Waals surface area contributed by atoms with Crippen LogP contribution in [0.4, 0.5) is 24.5 Å². The Hall–Kier alpha value is -3.36. The molecule has 2 heterocycles. The van der Waals surface area contributed by atoms with Crippen LogP contribution in [0, 0.1) is 6.92 Å². The Labute approximate surface area is 170 Å². The van der Waals surface area contributed by atoms with Gasteiger partial charge in [-0.05, 0) is 55.3 Å². The van der Waals surface area contributed by atoms with Crippen molar-refractivity contribution in [2.24, 2.45) is 0 Å². The van der Waals surface area contributed by atoms with Crippen LogP contribution in [-0.4, -0.2) is 22.6 Å². The SMILES string of the molecule is Cc1nnc(-c2cc(C3(C)CCNC3=O)ccc2Nc2ccc(C(F)(F)F)cc2)o1. The number of aromatic nitrogens is 2. The number of anilines is 2. The van der Waals surface area contributed by atoms with Gasteiger partial charge in [-0.15, -0.1) is 10.2 Å². The largest absolute Gasteiger partial charge is 0.421 e. The number of nitrogens with one attached hydrogen (secondary N) is 2. The summed E-state index contributed by atoms with van der Waals surface area (Å²) in [6, 6.07) is 10.1. The standard InChI is InChI=1S/C21H19F3N4O2/c1-12-27-28-18(30-12)16-11-14(20(2)9-10-25-19(20)29)5-8-17(16)26-15-6-3-13(4-7-15)21(22,23)24/h3-8,11,26H,9-10H2,1-2H3,(H,25,29). The van der Waals surface area contributed by atoms with Crippen LogP contribution in [0.2, 0.25) is 0 Å². The number of amides is 1. The van der Waals surface area contributed by atoms with Crippen molar-refractivity contribution in [2.45, 2.75) is 31.9 Å². The Kier molecular flexibility index (Phi) is 4.76. The van der Waals surface area contributed by atoms with Crippen molar-refractivity contribution in [1.29, 1.82) is 0 Å². The summed E-state index contributed by atoms with van der Waals surface area (Å²) < 4.78 is 44.0. The maximum atomic E-state index is 12.8. The zero-order valence-electron chi connectivity index (χ0n) is 16.3. The van der Waals surface area contributed by atoms with Crippen molar-refractivity contribution >= 4 is 17.3 Å². The molecule has 156 valence electrons. The van der Waals surface area contributed by atoms with Crippen molar-refractivity contribution in [3.8, 4) is 11.5 Å². The molecule has 0 bridgehead atoms. The van der Waals surface area contributed by atoms with Crippen LogP contribution in [-0.2, 0) is 16.4 Å². The van der Waals surface area contributed by atoms with Gasteiger partial charge < -0.3 is 15.1 Å². The number of nitrogens with zero attached hydrogens (tertiary/aromatic N) is 2. The Morgan fingerprint density at radius 3 is 2.43 bits per heavy atom. The van der Waals surface area contributed by atoms with E-state index in [9.17, 15) is 18.0 Å². The molecule has 0 aliphatic carbocycles. The van der Waals surface area contributed by atoms with E-state index in [4.69, 9.17) is 4.42 Å². The summed E-state index contributed by atoms with van der Waals surface area (Å²) in [5.74, 6) is 0.574. The number of carbonyl (C=O) groups is 1. The first-order valence-corrected chi connectivity index (χ1v) is 9.34. The van der Waals surface area contributed by atoms with Gasteiger partial charge in [0.1, 0.15) is 0 Å². The first-order chi connectivity index (χ1) is 14.2. The topological polar surface area (TPSA) is 80.0 Å². The normalized spacial score (nSPS) is 19.0. The molecule has 0 radical (unpaired) electrons. The maximum Gasteiger partial charge on any atom is 0.416 e. The first kappa shape index (κ1) is 19.9. The minimum absolute atomic E-state index is 0.0568. The van der Waals surface area contributed by atoms with Crippen LogP contribution in [0.5, 0.6) is 0 Å². The summed E-state index contributed by atoms with van der Waals surface area (Å²) in [6.45, 7) is 4.13. The molecule has 4 rings (SSSR count). The lowest BCUT2D eigenvalue weighted by molar-refractivity contribution is -0.137. The molecule has 1 saturated heterocycles. The molecular weight excluding hydrogens is 397 g/mol. The minimum atomic E-state index is -4.40. The van der Waals surface area contributed by atoms with Crippen molar-refractivity contribution in [3.05, 3.63) is 59.5 Å². The molecule has 2 aromatic carbocycles. The first-order valence-electron chi connectivity index (χ1n) is 9.34. The second kappa shape index (κ2) is 7.16. The summed E-state index contributed by atoms with van der Waals surface area (Å²) in [4.78, 5) is 12.4. The van der Waals surface area contributed by atoms with Gasteiger partial charge in [-0.1, -0.05) is 6.07 Å². The van der Waals surface area contributed by atoms with Crippen LogP contribution in [0.25, 0.3) is 11.5 Å². The van der Waals surface area contributed by atoms with Crippen LogP contribution >= 0.6 is 0 Å². The fourth-order valence-corrected chi connectivity index (χ4v) is 3.49. The summed E-state index contributed by atoms with van der Waals surface area (Å²) >= 11 is 0. The van der Waals surface area contributed by atoms with Crippen molar-refractivity contribution < 1.29 is 22.4 Å². The van der Waals surface area contributed by atoms with Gasteiger partial charge in [-0.3, -0.25) is 4.79 Å². The molecule has 9 heteroatoms. The average molecular weight is 416 g/mol. The molecule has 3 aromatic rings. The average Bonchev–Trinajstić information content (AvgIpc) is 3.28. The fraction of sp³-hybridized carbons (Fsp3) is 0.286. The lowest BCUT2D eigenvalue weighted by atomic mass is 9.80. The number of alkyl halides is 3. The molecule has 1 unspecified atom stereocenters. The molecule has 1 aliphatic rings. The number of hydrogen-bond donors (Lipinski definition) is 2. The lowest BCUT2D eigenvalue weighted by Gasteiger charge is -2.22. The van der Waals surface area contributed by atoms with E-state index >= 15 is 0 Å². The highest BCUT2D eigenvalue weighted by Crippen LogP contribution is 2.38. The zero-order valence-corrected chi connectivity index (χ0v) is 16.3. The predicted octanol–water partition coefficient (Wildman–Crippen LogP) is 4.59. The highest BCUT2D eigenvalue weighted by molar-refractivity contribution is 5.91. The molecule has 1 fully saturated rings. The lowest BCUT2D eigenvalue weighted by Crippen LogP contribution is -2.32. The van der Waals surface area contributed by atoms with E-state index in [1.54, 1.807) is 13.0 Å². The van der Waals surface area contributed by atoms with Gasteiger partial charge in [0.25, 0.3) is 0 Å². The van der Waals surface area contributed by atoms with Crippen LogP contribution in [0.3, 0.4) is 0 Å². The molecule has 0 saturated carbocycles. The third-order valence-corrected chi connectivity index (χ3v) is 5.32. The molecule has 0 spiro atoms. The highest BCUT2D eigenvalue weighted by atomic mass is 19.4. The van der Waals surface area contributed by atoms with E-state index < -0.39 is 17.2 Å².